The van der Waals surface area contributed by atoms with Gasteiger partial charge in [-0.25, -0.2) is 4.79 Å². The first-order valence-corrected chi connectivity index (χ1v) is 11.2. The van der Waals surface area contributed by atoms with Crippen molar-refractivity contribution in [2.24, 2.45) is 0 Å². The Bertz CT molecular complexity index is 860. The number of unbranched alkanes of at least 4 members (excludes halogenated alkanes) is 7. The van der Waals surface area contributed by atoms with Crippen molar-refractivity contribution >= 4 is 22.8 Å². The summed E-state index contributed by atoms with van der Waals surface area (Å²) < 4.78 is 5.20. The van der Waals surface area contributed by atoms with Crippen LogP contribution in [0.25, 0.3) is 11.0 Å². The molecule has 2 aromatic rings. The predicted octanol–water partition coefficient (Wildman–Crippen LogP) is 4.56. The van der Waals surface area contributed by atoms with E-state index in [1.807, 2.05) is 6.07 Å². The van der Waals surface area contributed by atoms with Gasteiger partial charge < -0.3 is 15.1 Å². The fraction of sp³-hybridized carbons (Fsp3) is 0.542. The lowest BCUT2D eigenvalue weighted by molar-refractivity contribution is -0.121. The average molecular weight is 415 g/mol. The minimum atomic E-state index is -0.618. The first-order chi connectivity index (χ1) is 14.6. The Morgan fingerprint density at radius 3 is 2.30 bits per heavy atom. The smallest absolute Gasteiger partial charge is 0.349 e. The van der Waals surface area contributed by atoms with Crippen molar-refractivity contribution in [3.63, 3.8) is 0 Å². The molecule has 1 heterocycles. The summed E-state index contributed by atoms with van der Waals surface area (Å²) in [5.41, 5.74) is -0.110. The Kier molecular flexibility index (Phi) is 10.7. The van der Waals surface area contributed by atoms with Crippen molar-refractivity contribution in [1.82, 2.24) is 10.6 Å². The number of para-hydroxylation sites is 1. The standard InChI is InChI=1S/C24H34N2O4/c1-2-3-4-5-8-15-22(27)25-16-11-6-7-12-17-26-23(28)20-18-19-13-9-10-14-21(19)30-24(20)29/h9-10,13-14,18H,2-8,11-12,15-17H2,1H3,(H,25,27)(H,26,28). The van der Waals surface area contributed by atoms with Crippen LogP contribution in [0.15, 0.2) is 39.5 Å². The highest BCUT2D eigenvalue weighted by molar-refractivity contribution is 5.96. The van der Waals surface area contributed by atoms with Gasteiger partial charge in [0.1, 0.15) is 11.1 Å². The lowest BCUT2D eigenvalue weighted by Gasteiger charge is -2.07. The van der Waals surface area contributed by atoms with Crippen LogP contribution in [-0.4, -0.2) is 24.9 Å². The highest BCUT2D eigenvalue weighted by Crippen LogP contribution is 2.12. The summed E-state index contributed by atoms with van der Waals surface area (Å²) in [4.78, 5) is 36.0. The molecule has 2 rings (SSSR count). The summed E-state index contributed by atoms with van der Waals surface area (Å²) in [7, 11) is 0. The van der Waals surface area contributed by atoms with E-state index in [1.165, 1.54) is 19.3 Å². The van der Waals surface area contributed by atoms with E-state index in [2.05, 4.69) is 17.6 Å². The zero-order chi connectivity index (χ0) is 21.6. The van der Waals surface area contributed by atoms with Crippen molar-refractivity contribution in [1.29, 1.82) is 0 Å². The molecule has 0 aliphatic carbocycles. The van der Waals surface area contributed by atoms with Crippen LogP contribution in [-0.2, 0) is 4.79 Å². The summed E-state index contributed by atoms with van der Waals surface area (Å²) in [5.74, 6) is -0.256. The van der Waals surface area contributed by atoms with Crippen molar-refractivity contribution in [3.05, 3.63) is 46.3 Å². The molecule has 6 heteroatoms. The number of carbonyl (C=O) groups excluding carboxylic acids is 2. The molecule has 0 aliphatic rings. The average Bonchev–Trinajstić information content (AvgIpc) is 2.74. The van der Waals surface area contributed by atoms with Crippen LogP contribution in [0.3, 0.4) is 0 Å². The molecule has 0 atom stereocenters. The normalized spacial score (nSPS) is 10.8. The number of fused-ring (bicyclic) bond motifs is 1. The van der Waals surface area contributed by atoms with E-state index in [1.54, 1.807) is 24.3 Å². The van der Waals surface area contributed by atoms with Gasteiger partial charge in [0.05, 0.1) is 0 Å². The summed E-state index contributed by atoms with van der Waals surface area (Å²) in [5, 5.41) is 6.48. The monoisotopic (exact) mass is 414 g/mol. The summed E-state index contributed by atoms with van der Waals surface area (Å²) in [6, 6.07) is 8.70. The van der Waals surface area contributed by atoms with Gasteiger partial charge in [-0.3, -0.25) is 9.59 Å². The Labute approximate surface area is 178 Å². The van der Waals surface area contributed by atoms with Crippen LogP contribution in [0, 0.1) is 0 Å². The number of benzene rings is 1. The lowest BCUT2D eigenvalue weighted by atomic mass is 10.1. The van der Waals surface area contributed by atoms with Crippen LogP contribution < -0.4 is 16.3 Å². The third kappa shape index (κ3) is 8.39. The van der Waals surface area contributed by atoms with E-state index >= 15 is 0 Å². The molecule has 0 saturated heterocycles. The molecule has 0 fully saturated rings. The van der Waals surface area contributed by atoms with Crippen LogP contribution >= 0.6 is 0 Å². The number of rotatable bonds is 14. The fourth-order valence-corrected chi connectivity index (χ4v) is 3.33. The van der Waals surface area contributed by atoms with Gasteiger partial charge in [0, 0.05) is 24.9 Å². The highest BCUT2D eigenvalue weighted by atomic mass is 16.4. The van der Waals surface area contributed by atoms with Gasteiger partial charge in [-0.2, -0.15) is 0 Å². The van der Waals surface area contributed by atoms with E-state index in [-0.39, 0.29) is 11.5 Å². The van der Waals surface area contributed by atoms with Crippen LogP contribution in [0.1, 0.15) is 81.5 Å². The van der Waals surface area contributed by atoms with Gasteiger partial charge in [0.15, 0.2) is 0 Å². The van der Waals surface area contributed by atoms with E-state index in [0.717, 1.165) is 43.9 Å². The third-order valence-electron chi connectivity index (χ3n) is 5.10. The number of amides is 2. The van der Waals surface area contributed by atoms with Gasteiger partial charge in [-0.05, 0) is 31.4 Å². The second-order valence-electron chi connectivity index (χ2n) is 7.67. The molecule has 0 unspecified atom stereocenters. The van der Waals surface area contributed by atoms with Crippen LogP contribution in [0.2, 0.25) is 0 Å². The Morgan fingerprint density at radius 2 is 1.53 bits per heavy atom. The zero-order valence-corrected chi connectivity index (χ0v) is 18.0. The van der Waals surface area contributed by atoms with Crippen molar-refractivity contribution < 1.29 is 14.0 Å². The Balaban J connectivity index is 1.54. The van der Waals surface area contributed by atoms with Gasteiger partial charge >= 0.3 is 5.63 Å². The van der Waals surface area contributed by atoms with Gasteiger partial charge in [0.2, 0.25) is 5.91 Å². The minimum absolute atomic E-state index is 0.0334. The van der Waals surface area contributed by atoms with Crippen LogP contribution in [0.4, 0.5) is 0 Å². The molecule has 0 saturated carbocycles. The molecule has 0 spiro atoms. The van der Waals surface area contributed by atoms with Gasteiger partial charge in [0.25, 0.3) is 5.91 Å². The third-order valence-corrected chi connectivity index (χ3v) is 5.10. The predicted molar refractivity (Wildman–Crippen MR) is 120 cm³/mol. The molecule has 1 aromatic heterocycles. The minimum Gasteiger partial charge on any atom is -0.422 e. The largest absolute Gasteiger partial charge is 0.422 e. The Morgan fingerprint density at radius 1 is 0.867 bits per heavy atom. The maximum Gasteiger partial charge on any atom is 0.349 e. The highest BCUT2D eigenvalue weighted by Gasteiger charge is 2.12. The molecule has 0 bridgehead atoms. The molecular formula is C24H34N2O4. The fourth-order valence-electron chi connectivity index (χ4n) is 3.33. The van der Waals surface area contributed by atoms with Crippen molar-refractivity contribution in [2.75, 3.05) is 13.1 Å². The molecule has 6 nitrogen and oxygen atoms in total. The number of hydrogen-bond acceptors (Lipinski definition) is 4. The summed E-state index contributed by atoms with van der Waals surface area (Å²) in [6.07, 6.45) is 10.1. The molecule has 0 aliphatic heterocycles. The van der Waals surface area contributed by atoms with Gasteiger partial charge in [-0.15, -0.1) is 0 Å². The molecule has 2 amide bonds. The van der Waals surface area contributed by atoms with Gasteiger partial charge in [-0.1, -0.05) is 63.6 Å². The lowest BCUT2D eigenvalue weighted by Crippen LogP contribution is -2.29. The molecule has 164 valence electrons. The number of nitrogens with one attached hydrogen (secondary N) is 2. The molecule has 1 aromatic carbocycles. The summed E-state index contributed by atoms with van der Waals surface area (Å²) >= 11 is 0. The van der Waals surface area contributed by atoms with Crippen molar-refractivity contribution in [2.45, 2.75) is 71.1 Å². The molecule has 0 radical (unpaired) electrons. The number of hydrogen-bond donors (Lipinski definition) is 2. The Hall–Kier alpha value is -2.63. The second-order valence-corrected chi connectivity index (χ2v) is 7.67. The topological polar surface area (TPSA) is 88.4 Å². The van der Waals surface area contributed by atoms with E-state index in [9.17, 15) is 14.4 Å². The zero-order valence-electron chi connectivity index (χ0n) is 18.0. The maximum atomic E-state index is 12.2. The number of carbonyl (C=O) groups is 2. The van der Waals surface area contributed by atoms with Crippen molar-refractivity contribution in [3.8, 4) is 0 Å². The first-order valence-electron chi connectivity index (χ1n) is 11.2. The molecule has 2 N–H and O–H groups in total. The SMILES string of the molecule is CCCCCCCC(=O)NCCCCCCNC(=O)c1cc2ccccc2oc1=O. The molecule has 30 heavy (non-hydrogen) atoms. The molecular weight excluding hydrogens is 380 g/mol. The van der Waals surface area contributed by atoms with E-state index < -0.39 is 11.5 Å². The first kappa shape index (κ1) is 23.6. The van der Waals surface area contributed by atoms with Crippen LogP contribution in [0.5, 0.6) is 0 Å². The summed E-state index contributed by atoms with van der Waals surface area (Å²) in [6.45, 7) is 3.40. The second kappa shape index (κ2) is 13.6. The van der Waals surface area contributed by atoms with E-state index in [4.69, 9.17) is 4.42 Å². The van der Waals surface area contributed by atoms with E-state index in [0.29, 0.717) is 25.1 Å². The quantitative estimate of drug-likeness (QED) is 0.350. The maximum absolute atomic E-state index is 12.2.